The Balaban J connectivity index is 1.78. The van der Waals surface area contributed by atoms with E-state index in [9.17, 15) is 0 Å². The molecule has 0 saturated heterocycles. The van der Waals surface area contributed by atoms with Gasteiger partial charge in [-0.3, -0.25) is 0 Å². The fraction of sp³-hybridized carbons (Fsp3) is 0.625. The van der Waals surface area contributed by atoms with Gasteiger partial charge in [0, 0.05) is 6.54 Å². The summed E-state index contributed by atoms with van der Waals surface area (Å²) < 4.78 is 5.73. The van der Waals surface area contributed by atoms with Gasteiger partial charge in [0.25, 0.3) is 0 Å². The quantitative estimate of drug-likeness (QED) is 0.768. The Morgan fingerprint density at radius 3 is 2.79 bits per heavy atom. The topological polar surface area (TPSA) is 21.3 Å². The van der Waals surface area contributed by atoms with Crippen LogP contribution in [0.4, 0.5) is 0 Å². The number of rotatable bonds is 8. The van der Waals surface area contributed by atoms with Crippen molar-refractivity contribution in [2.45, 2.75) is 39.7 Å². The third kappa shape index (κ3) is 5.42. The summed E-state index contributed by atoms with van der Waals surface area (Å²) in [6.07, 6.45) is 3.91. The Morgan fingerprint density at radius 2 is 2.16 bits per heavy atom. The second-order valence-electron chi connectivity index (χ2n) is 5.87. The molecule has 0 amide bonds. The van der Waals surface area contributed by atoms with E-state index in [0.717, 1.165) is 42.8 Å². The highest BCUT2D eigenvalue weighted by molar-refractivity contribution is 6.32. The first-order valence-electron chi connectivity index (χ1n) is 7.27. The minimum Gasteiger partial charge on any atom is -0.492 e. The van der Waals surface area contributed by atoms with Crippen molar-refractivity contribution < 1.29 is 4.74 Å². The number of ether oxygens (including phenoxy) is 1. The van der Waals surface area contributed by atoms with Crippen molar-refractivity contribution in [3.63, 3.8) is 0 Å². The van der Waals surface area contributed by atoms with Crippen LogP contribution in [0.15, 0.2) is 18.2 Å². The minimum absolute atomic E-state index is 0.667. The maximum Gasteiger partial charge on any atom is 0.137 e. The van der Waals surface area contributed by atoms with E-state index in [2.05, 4.69) is 25.2 Å². The number of benzene rings is 1. The number of nitrogens with one attached hydrogen (secondary N) is 1. The number of hydrogen-bond donors (Lipinski definition) is 1. The lowest BCUT2D eigenvalue weighted by Crippen LogP contribution is -2.18. The van der Waals surface area contributed by atoms with E-state index in [4.69, 9.17) is 16.3 Å². The number of halogens is 1. The number of hydrogen-bond acceptors (Lipinski definition) is 2. The van der Waals surface area contributed by atoms with E-state index in [1.165, 1.54) is 18.4 Å². The first-order valence-corrected chi connectivity index (χ1v) is 7.65. The summed E-state index contributed by atoms with van der Waals surface area (Å²) in [5.74, 6) is 2.38. The molecule has 1 aliphatic rings. The average molecular weight is 282 g/mol. The van der Waals surface area contributed by atoms with Crippen LogP contribution in [0.1, 0.15) is 38.7 Å². The molecular formula is C16H24ClNO. The molecule has 0 spiro atoms. The van der Waals surface area contributed by atoms with Crippen LogP contribution >= 0.6 is 11.6 Å². The Morgan fingerprint density at radius 1 is 1.37 bits per heavy atom. The third-order valence-corrected chi connectivity index (χ3v) is 3.65. The summed E-state index contributed by atoms with van der Waals surface area (Å²) in [6, 6.07) is 6.08. The minimum atomic E-state index is 0.667. The second-order valence-corrected chi connectivity index (χ2v) is 6.28. The van der Waals surface area contributed by atoms with Crippen molar-refractivity contribution in [2.24, 2.45) is 11.8 Å². The molecule has 0 bridgehead atoms. The van der Waals surface area contributed by atoms with Gasteiger partial charge < -0.3 is 10.1 Å². The fourth-order valence-corrected chi connectivity index (χ4v) is 2.28. The zero-order chi connectivity index (χ0) is 13.7. The van der Waals surface area contributed by atoms with E-state index in [1.54, 1.807) is 0 Å². The standard InChI is InChI=1S/C16H24ClNO/c1-12(2)10-18-11-14-5-6-16(15(17)9-14)19-8-7-13-3-4-13/h5-6,9,12-13,18H,3-4,7-8,10-11H2,1-2H3. The van der Waals surface area contributed by atoms with Crippen molar-refractivity contribution in [1.82, 2.24) is 5.32 Å². The summed E-state index contributed by atoms with van der Waals surface area (Å²) in [5.41, 5.74) is 1.21. The lowest BCUT2D eigenvalue weighted by Gasteiger charge is -2.11. The van der Waals surface area contributed by atoms with Crippen molar-refractivity contribution >= 4 is 11.6 Å². The molecule has 2 rings (SSSR count). The van der Waals surface area contributed by atoms with Gasteiger partial charge in [0.15, 0.2) is 0 Å². The largest absolute Gasteiger partial charge is 0.492 e. The average Bonchev–Trinajstić information content (AvgIpc) is 3.15. The lowest BCUT2D eigenvalue weighted by molar-refractivity contribution is 0.302. The summed E-state index contributed by atoms with van der Waals surface area (Å²) in [7, 11) is 0. The van der Waals surface area contributed by atoms with Crippen LogP contribution in [-0.2, 0) is 6.54 Å². The Bertz CT molecular complexity index is 402. The van der Waals surface area contributed by atoms with Gasteiger partial charge in [-0.25, -0.2) is 0 Å². The Hall–Kier alpha value is -0.730. The van der Waals surface area contributed by atoms with Crippen LogP contribution in [0.2, 0.25) is 5.02 Å². The monoisotopic (exact) mass is 281 g/mol. The first kappa shape index (κ1) is 14.7. The SMILES string of the molecule is CC(C)CNCc1ccc(OCCC2CC2)c(Cl)c1. The van der Waals surface area contributed by atoms with E-state index < -0.39 is 0 Å². The molecule has 3 heteroatoms. The first-order chi connectivity index (χ1) is 9.15. The van der Waals surface area contributed by atoms with Gasteiger partial charge in [-0.2, -0.15) is 0 Å². The van der Waals surface area contributed by atoms with Crippen molar-refractivity contribution in [1.29, 1.82) is 0 Å². The van der Waals surface area contributed by atoms with Gasteiger partial charge in [-0.15, -0.1) is 0 Å². The molecule has 1 aliphatic carbocycles. The van der Waals surface area contributed by atoms with Crippen LogP contribution in [-0.4, -0.2) is 13.2 Å². The highest BCUT2D eigenvalue weighted by Crippen LogP contribution is 2.33. The molecule has 19 heavy (non-hydrogen) atoms. The van der Waals surface area contributed by atoms with E-state index in [-0.39, 0.29) is 0 Å². The van der Waals surface area contributed by atoms with Crippen LogP contribution in [0.25, 0.3) is 0 Å². The van der Waals surface area contributed by atoms with Crippen molar-refractivity contribution in [2.75, 3.05) is 13.2 Å². The zero-order valence-electron chi connectivity index (χ0n) is 11.9. The highest BCUT2D eigenvalue weighted by Gasteiger charge is 2.20. The van der Waals surface area contributed by atoms with E-state index in [1.807, 2.05) is 12.1 Å². The fourth-order valence-electron chi connectivity index (χ4n) is 2.02. The molecule has 0 radical (unpaired) electrons. The van der Waals surface area contributed by atoms with Crippen molar-refractivity contribution in [3.8, 4) is 5.75 Å². The van der Waals surface area contributed by atoms with E-state index in [0.29, 0.717) is 5.92 Å². The molecule has 0 atom stereocenters. The predicted molar refractivity (Wildman–Crippen MR) is 80.8 cm³/mol. The normalized spacial score (nSPS) is 14.9. The van der Waals surface area contributed by atoms with E-state index >= 15 is 0 Å². The zero-order valence-corrected chi connectivity index (χ0v) is 12.7. The maximum absolute atomic E-state index is 6.25. The summed E-state index contributed by atoms with van der Waals surface area (Å²) in [6.45, 7) is 7.08. The van der Waals surface area contributed by atoms with Crippen LogP contribution in [0, 0.1) is 11.8 Å². The Kier molecular flexibility index (Phi) is 5.53. The predicted octanol–water partition coefficient (Wildman–Crippen LogP) is 4.26. The molecule has 1 saturated carbocycles. The molecule has 1 fully saturated rings. The lowest BCUT2D eigenvalue weighted by atomic mass is 10.2. The summed E-state index contributed by atoms with van der Waals surface area (Å²) >= 11 is 6.25. The van der Waals surface area contributed by atoms with Gasteiger partial charge in [0.2, 0.25) is 0 Å². The van der Waals surface area contributed by atoms with Gasteiger partial charge in [-0.1, -0.05) is 44.4 Å². The smallest absolute Gasteiger partial charge is 0.137 e. The van der Waals surface area contributed by atoms with Crippen LogP contribution in [0.5, 0.6) is 5.75 Å². The second kappa shape index (κ2) is 7.16. The molecule has 1 aromatic carbocycles. The van der Waals surface area contributed by atoms with Crippen LogP contribution < -0.4 is 10.1 Å². The molecule has 106 valence electrons. The van der Waals surface area contributed by atoms with Crippen molar-refractivity contribution in [3.05, 3.63) is 28.8 Å². The molecule has 1 N–H and O–H groups in total. The molecule has 2 nitrogen and oxygen atoms in total. The van der Waals surface area contributed by atoms with Gasteiger partial charge in [0.1, 0.15) is 5.75 Å². The molecule has 0 aromatic heterocycles. The molecule has 0 unspecified atom stereocenters. The summed E-state index contributed by atoms with van der Waals surface area (Å²) in [5, 5.41) is 4.14. The van der Waals surface area contributed by atoms with Gasteiger partial charge >= 0.3 is 0 Å². The summed E-state index contributed by atoms with van der Waals surface area (Å²) in [4.78, 5) is 0. The Labute approximate surface area is 121 Å². The third-order valence-electron chi connectivity index (χ3n) is 3.36. The van der Waals surface area contributed by atoms with Gasteiger partial charge in [-0.05, 0) is 42.5 Å². The molecular weight excluding hydrogens is 258 g/mol. The maximum atomic E-state index is 6.25. The highest BCUT2D eigenvalue weighted by atomic mass is 35.5. The van der Waals surface area contributed by atoms with Crippen LogP contribution in [0.3, 0.4) is 0 Å². The molecule has 0 aliphatic heterocycles. The molecule has 0 heterocycles. The van der Waals surface area contributed by atoms with Gasteiger partial charge in [0.05, 0.1) is 11.6 Å². The molecule has 1 aromatic rings.